The van der Waals surface area contributed by atoms with Gasteiger partial charge in [-0.15, -0.1) is 0 Å². The highest BCUT2D eigenvalue weighted by Gasteiger charge is 2.06. The highest BCUT2D eigenvalue weighted by atomic mass is 127. The molecule has 1 aromatic rings. The standard InChI is InChI=1S/C11H13IO3/c1-2-15-11(14)6-3-8-7-9(13)4-5-10(8)12/h4-5,7,13H,2-3,6H2,1H3. The minimum absolute atomic E-state index is 0.198. The second kappa shape index (κ2) is 5.95. The number of carbonyl (C=O) groups is 1. The molecular weight excluding hydrogens is 307 g/mol. The molecule has 82 valence electrons. The first-order chi connectivity index (χ1) is 7.13. The zero-order chi connectivity index (χ0) is 11.3. The van der Waals surface area contributed by atoms with E-state index in [9.17, 15) is 9.90 Å². The molecule has 1 aromatic carbocycles. The van der Waals surface area contributed by atoms with Crippen molar-refractivity contribution in [2.75, 3.05) is 6.61 Å². The van der Waals surface area contributed by atoms with Crippen molar-refractivity contribution >= 4 is 28.6 Å². The van der Waals surface area contributed by atoms with Gasteiger partial charge in [0.15, 0.2) is 0 Å². The van der Waals surface area contributed by atoms with Gasteiger partial charge in [-0.05, 0) is 59.7 Å². The SMILES string of the molecule is CCOC(=O)CCc1cc(O)ccc1I. The number of benzene rings is 1. The second-order valence-corrected chi connectivity index (χ2v) is 4.24. The average Bonchev–Trinajstić information content (AvgIpc) is 2.20. The molecule has 1 N–H and O–H groups in total. The molecule has 0 aromatic heterocycles. The summed E-state index contributed by atoms with van der Waals surface area (Å²) in [5.74, 6) is 0.0333. The summed E-state index contributed by atoms with van der Waals surface area (Å²) in [5.41, 5.74) is 0.976. The summed E-state index contributed by atoms with van der Waals surface area (Å²) in [6.45, 7) is 2.20. The van der Waals surface area contributed by atoms with Crippen LogP contribution in [0.25, 0.3) is 0 Å². The molecule has 0 amide bonds. The Morgan fingerprint density at radius 3 is 2.93 bits per heavy atom. The molecule has 0 saturated carbocycles. The first kappa shape index (κ1) is 12.3. The van der Waals surface area contributed by atoms with Crippen molar-refractivity contribution in [2.24, 2.45) is 0 Å². The van der Waals surface area contributed by atoms with Gasteiger partial charge in [0.2, 0.25) is 0 Å². The van der Waals surface area contributed by atoms with Crippen LogP contribution >= 0.6 is 22.6 Å². The molecule has 0 aliphatic heterocycles. The zero-order valence-electron chi connectivity index (χ0n) is 8.50. The van der Waals surface area contributed by atoms with Crippen LogP contribution in [0.5, 0.6) is 5.75 Å². The predicted octanol–water partition coefficient (Wildman–Crippen LogP) is 2.49. The molecule has 0 spiro atoms. The number of hydrogen-bond acceptors (Lipinski definition) is 3. The molecule has 0 radical (unpaired) electrons. The third-order valence-corrected chi connectivity index (χ3v) is 2.99. The molecular formula is C11H13IO3. The molecule has 0 aliphatic rings. The summed E-state index contributed by atoms with van der Waals surface area (Å²) in [5, 5.41) is 9.29. The maximum absolute atomic E-state index is 11.1. The van der Waals surface area contributed by atoms with E-state index in [1.165, 1.54) is 0 Å². The largest absolute Gasteiger partial charge is 0.508 e. The second-order valence-electron chi connectivity index (χ2n) is 3.08. The van der Waals surface area contributed by atoms with E-state index in [-0.39, 0.29) is 11.7 Å². The molecule has 0 aliphatic carbocycles. The fourth-order valence-electron chi connectivity index (χ4n) is 1.22. The quantitative estimate of drug-likeness (QED) is 0.685. The Bertz CT molecular complexity index is 350. The number of aryl methyl sites for hydroxylation is 1. The van der Waals surface area contributed by atoms with Crippen molar-refractivity contribution < 1.29 is 14.6 Å². The van der Waals surface area contributed by atoms with E-state index >= 15 is 0 Å². The van der Waals surface area contributed by atoms with Crippen LogP contribution in [0, 0.1) is 3.57 Å². The molecule has 3 nitrogen and oxygen atoms in total. The van der Waals surface area contributed by atoms with Crippen LogP contribution in [0.3, 0.4) is 0 Å². The number of aromatic hydroxyl groups is 1. The summed E-state index contributed by atoms with van der Waals surface area (Å²) in [4.78, 5) is 11.1. The lowest BCUT2D eigenvalue weighted by Crippen LogP contribution is -2.05. The number of hydrogen-bond donors (Lipinski definition) is 1. The Morgan fingerprint density at radius 1 is 1.53 bits per heavy atom. The maximum atomic E-state index is 11.1. The smallest absolute Gasteiger partial charge is 0.306 e. The number of rotatable bonds is 4. The Morgan fingerprint density at radius 2 is 2.27 bits per heavy atom. The van der Waals surface area contributed by atoms with Crippen molar-refractivity contribution in [1.29, 1.82) is 0 Å². The van der Waals surface area contributed by atoms with Gasteiger partial charge in [0.1, 0.15) is 5.75 Å². The molecule has 15 heavy (non-hydrogen) atoms. The first-order valence-corrected chi connectivity index (χ1v) is 5.84. The number of carbonyl (C=O) groups excluding carboxylic acids is 1. The van der Waals surface area contributed by atoms with E-state index in [4.69, 9.17) is 4.74 Å². The molecule has 0 heterocycles. The lowest BCUT2D eigenvalue weighted by molar-refractivity contribution is -0.143. The number of phenols is 1. The summed E-state index contributed by atoms with van der Waals surface area (Å²) in [6.07, 6.45) is 0.957. The normalized spacial score (nSPS) is 10.0. The third kappa shape index (κ3) is 4.07. The minimum Gasteiger partial charge on any atom is -0.508 e. The highest BCUT2D eigenvalue weighted by molar-refractivity contribution is 14.1. The van der Waals surface area contributed by atoms with E-state index in [2.05, 4.69) is 22.6 Å². The number of esters is 1. The lowest BCUT2D eigenvalue weighted by Gasteiger charge is -2.05. The fraction of sp³-hybridized carbons (Fsp3) is 0.364. The van der Waals surface area contributed by atoms with Gasteiger partial charge in [-0.2, -0.15) is 0 Å². The van der Waals surface area contributed by atoms with Crippen LogP contribution in [-0.2, 0) is 16.0 Å². The fourth-order valence-corrected chi connectivity index (χ4v) is 1.83. The summed E-state index contributed by atoms with van der Waals surface area (Å²) < 4.78 is 5.88. The van der Waals surface area contributed by atoms with Gasteiger partial charge >= 0.3 is 5.97 Å². The van der Waals surface area contributed by atoms with Gasteiger partial charge in [-0.1, -0.05) is 0 Å². The van der Waals surface area contributed by atoms with Crippen molar-refractivity contribution in [3.05, 3.63) is 27.3 Å². The number of phenolic OH excluding ortho intramolecular Hbond substituents is 1. The van der Waals surface area contributed by atoms with Gasteiger partial charge in [0.25, 0.3) is 0 Å². The summed E-state index contributed by atoms with van der Waals surface area (Å²) in [7, 11) is 0. The van der Waals surface area contributed by atoms with Crippen molar-refractivity contribution in [3.8, 4) is 5.75 Å². The van der Waals surface area contributed by atoms with Gasteiger partial charge in [-0.25, -0.2) is 0 Å². The summed E-state index contributed by atoms with van der Waals surface area (Å²) >= 11 is 2.18. The van der Waals surface area contributed by atoms with Crippen LogP contribution in [0.4, 0.5) is 0 Å². The Balaban J connectivity index is 2.57. The Kier molecular flexibility index (Phi) is 4.87. The molecule has 0 atom stereocenters. The van der Waals surface area contributed by atoms with E-state index in [1.807, 2.05) is 6.07 Å². The van der Waals surface area contributed by atoms with E-state index in [0.717, 1.165) is 9.13 Å². The Labute approximate surface area is 103 Å². The topological polar surface area (TPSA) is 46.5 Å². The van der Waals surface area contributed by atoms with Crippen LogP contribution in [0.15, 0.2) is 18.2 Å². The maximum Gasteiger partial charge on any atom is 0.306 e. The monoisotopic (exact) mass is 320 g/mol. The molecule has 1 rings (SSSR count). The number of halogens is 1. The average molecular weight is 320 g/mol. The zero-order valence-corrected chi connectivity index (χ0v) is 10.7. The third-order valence-electron chi connectivity index (χ3n) is 1.93. The van der Waals surface area contributed by atoms with Gasteiger partial charge < -0.3 is 9.84 Å². The minimum atomic E-state index is -0.198. The molecule has 4 heteroatoms. The Hall–Kier alpha value is -0.780. The summed E-state index contributed by atoms with van der Waals surface area (Å²) in [6, 6.07) is 5.15. The number of ether oxygens (including phenoxy) is 1. The molecule has 0 unspecified atom stereocenters. The van der Waals surface area contributed by atoms with Crippen LogP contribution in [0.2, 0.25) is 0 Å². The molecule has 0 saturated heterocycles. The van der Waals surface area contributed by atoms with E-state index < -0.39 is 0 Å². The van der Waals surface area contributed by atoms with E-state index in [0.29, 0.717) is 19.4 Å². The van der Waals surface area contributed by atoms with Gasteiger partial charge in [-0.3, -0.25) is 4.79 Å². The first-order valence-electron chi connectivity index (χ1n) is 4.76. The van der Waals surface area contributed by atoms with Crippen molar-refractivity contribution in [1.82, 2.24) is 0 Å². The lowest BCUT2D eigenvalue weighted by atomic mass is 10.1. The van der Waals surface area contributed by atoms with Crippen LogP contribution in [0.1, 0.15) is 18.9 Å². The van der Waals surface area contributed by atoms with Gasteiger partial charge in [0, 0.05) is 9.99 Å². The highest BCUT2D eigenvalue weighted by Crippen LogP contribution is 2.19. The van der Waals surface area contributed by atoms with Crippen molar-refractivity contribution in [3.63, 3.8) is 0 Å². The van der Waals surface area contributed by atoms with E-state index in [1.54, 1.807) is 19.1 Å². The molecule has 0 fully saturated rings. The van der Waals surface area contributed by atoms with Gasteiger partial charge in [0.05, 0.1) is 6.61 Å². The van der Waals surface area contributed by atoms with Crippen LogP contribution < -0.4 is 0 Å². The molecule has 0 bridgehead atoms. The van der Waals surface area contributed by atoms with Crippen LogP contribution in [-0.4, -0.2) is 17.7 Å². The van der Waals surface area contributed by atoms with Crippen molar-refractivity contribution in [2.45, 2.75) is 19.8 Å². The predicted molar refractivity (Wildman–Crippen MR) is 65.8 cm³/mol.